The highest BCUT2D eigenvalue weighted by atomic mass is 32.2. The molecule has 0 aromatic heterocycles. The van der Waals surface area contributed by atoms with Crippen LogP contribution in [0.15, 0.2) is 23.1 Å². The first-order valence-electron chi connectivity index (χ1n) is 8.59. The van der Waals surface area contributed by atoms with Gasteiger partial charge in [0.25, 0.3) is 0 Å². The van der Waals surface area contributed by atoms with E-state index in [1.54, 1.807) is 0 Å². The molecule has 0 radical (unpaired) electrons. The summed E-state index contributed by atoms with van der Waals surface area (Å²) in [5, 5.41) is 2.69. The summed E-state index contributed by atoms with van der Waals surface area (Å²) < 4.78 is 41.8. The van der Waals surface area contributed by atoms with Crippen molar-refractivity contribution in [1.82, 2.24) is 4.31 Å². The molecule has 1 heterocycles. The van der Waals surface area contributed by atoms with Gasteiger partial charge in [-0.2, -0.15) is 16.1 Å². The third-order valence-electron chi connectivity index (χ3n) is 3.97. The maximum atomic E-state index is 12.7. The molecule has 1 aliphatic heterocycles. The molecule has 0 bridgehead atoms. The number of amides is 1. The quantitative estimate of drug-likeness (QED) is 0.454. The minimum atomic E-state index is -3.66. The van der Waals surface area contributed by atoms with Crippen molar-refractivity contribution >= 4 is 39.3 Å². The first-order valence-corrected chi connectivity index (χ1v) is 11.2. The second-order valence-electron chi connectivity index (χ2n) is 5.81. The standard InChI is InChI=1S/C17H24N2O7S2/c1-24-15-11-13(28(22,23)19-6-8-26-9-7-19)3-4-14(15)18-16(20)12-27-10-5-17(21)25-2/h3-4,11H,5-10,12H2,1-2H3,(H,18,20). The number of anilines is 1. The highest BCUT2D eigenvalue weighted by Crippen LogP contribution is 2.29. The zero-order valence-electron chi connectivity index (χ0n) is 15.8. The lowest BCUT2D eigenvalue weighted by atomic mass is 10.3. The van der Waals surface area contributed by atoms with Crippen LogP contribution in [0, 0.1) is 0 Å². The lowest BCUT2D eigenvalue weighted by Crippen LogP contribution is -2.40. The summed E-state index contributed by atoms with van der Waals surface area (Å²) >= 11 is 1.30. The number of esters is 1. The van der Waals surface area contributed by atoms with E-state index < -0.39 is 10.0 Å². The van der Waals surface area contributed by atoms with Crippen molar-refractivity contribution in [2.45, 2.75) is 11.3 Å². The molecule has 0 saturated carbocycles. The van der Waals surface area contributed by atoms with Gasteiger partial charge in [-0.1, -0.05) is 0 Å². The van der Waals surface area contributed by atoms with Crippen LogP contribution in [0.1, 0.15) is 6.42 Å². The van der Waals surface area contributed by atoms with Crippen LogP contribution in [-0.4, -0.2) is 76.6 Å². The van der Waals surface area contributed by atoms with Crippen LogP contribution < -0.4 is 10.1 Å². The van der Waals surface area contributed by atoms with Gasteiger partial charge in [0.2, 0.25) is 15.9 Å². The molecule has 1 saturated heterocycles. The molecule has 0 unspecified atom stereocenters. The van der Waals surface area contributed by atoms with E-state index in [2.05, 4.69) is 10.1 Å². The minimum Gasteiger partial charge on any atom is -0.495 e. The summed E-state index contributed by atoms with van der Waals surface area (Å²) in [6.45, 7) is 1.31. The molecule has 0 atom stereocenters. The van der Waals surface area contributed by atoms with Crippen molar-refractivity contribution in [2.24, 2.45) is 0 Å². The number of sulfonamides is 1. The lowest BCUT2D eigenvalue weighted by molar-refractivity contribution is -0.140. The Bertz CT molecular complexity index is 793. The molecule has 0 aliphatic carbocycles. The number of carbonyl (C=O) groups is 2. The number of thioether (sulfide) groups is 1. The Morgan fingerprint density at radius 2 is 1.96 bits per heavy atom. The predicted molar refractivity (Wildman–Crippen MR) is 105 cm³/mol. The lowest BCUT2D eigenvalue weighted by Gasteiger charge is -2.26. The van der Waals surface area contributed by atoms with Gasteiger partial charge < -0.3 is 19.5 Å². The van der Waals surface area contributed by atoms with E-state index in [4.69, 9.17) is 9.47 Å². The van der Waals surface area contributed by atoms with Crippen molar-refractivity contribution in [2.75, 3.05) is 57.3 Å². The average Bonchev–Trinajstić information content (AvgIpc) is 2.71. The molecule has 0 spiro atoms. The largest absolute Gasteiger partial charge is 0.495 e. The van der Waals surface area contributed by atoms with Crippen LogP contribution in [0.2, 0.25) is 0 Å². The number of hydrogen-bond acceptors (Lipinski definition) is 8. The number of rotatable bonds is 9. The van der Waals surface area contributed by atoms with Crippen molar-refractivity contribution < 1.29 is 32.2 Å². The molecule has 1 amide bonds. The third kappa shape index (κ3) is 6.09. The first-order chi connectivity index (χ1) is 13.4. The molecular weight excluding hydrogens is 408 g/mol. The van der Waals surface area contributed by atoms with Crippen LogP contribution in [0.5, 0.6) is 5.75 Å². The number of methoxy groups -OCH3 is 2. The summed E-state index contributed by atoms with van der Waals surface area (Å²) in [5.41, 5.74) is 0.377. The maximum absolute atomic E-state index is 12.7. The Morgan fingerprint density at radius 1 is 1.25 bits per heavy atom. The second kappa shape index (κ2) is 10.6. The van der Waals surface area contributed by atoms with Gasteiger partial charge in [-0.15, -0.1) is 0 Å². The van der Waals surface area contributed by atoms with E-state index in [9.17, 15) is 18.0 Å². The molecule has 156 valence electrons. The molecule has 1 N–H and O–H groups in total. The Hall–Kier alpha value is -1.82. The molecule has 1 aliphatic rings. The molecule has 1 fully saturated rings. The van der Waals surface area contributed by atoms with Gasteiger partial charge in [-0.05, 0) is 12.1 Å². The van der Waals surface area contributed by atoms with Gasteiger partial charge in [-0.25, -0.2) is 8.42 Å². The second-order valence-corrected chi connectivity index (χ2v) is 8.85. The molecule has 1 aromatic carbocycles. The van der Waals surface area contributed by atoms with Crippen LogP contribution in [0.4, 0.5) is 5.69 Å². The highest BCUT2D eigenvalue weighted by Gasteiger charge is 2.27. The molecular formula is C17H24N2O7S2. The van der Waals surface area contributed by atoms with E-state index in [-0.39, 0.29) is 34.7 Å². The smallest absolute Gasteiger partial charge is 0.306 e. The summed E-state index contributed by atoms with van der Waals surface area (Å²) in [4.78, 5) is 23.2. The van der Waals surface area contributed by atoms with E-state index >= 15 is 0 Å². The summed E-state index contributed by atoms with van der Waals surface area (Å²) in [6.07, 6.45) is 0.228. The number of hydrogen-bond donors (Lipinski definition) is 1. The zero-order chi connectivity index (χ0) is 20.6. The van der Waals surface area contributed by atoms with Gasteiger partial charge in [0.15, 0.2) is 0 Å². The third-order valence-corrected chi connectivity index (χ3v) is 6.82. The number of nitrogens with zero attached hydrogens (tertiary/aromatic N) is 1. The SMILES string of the molecule is COC(=O)CCSCC(=O)Nc1ccc(S(=O)(=O)N2CCOCC2)cc1OC. The fourth-order valence-electron chi connectivity index (χ4n) is 2.48. The fraction of sp³-hybridized carbons (Fsp3) is 0.529. The summed E-state index contributed by atoms with van der Waals surface area (Å²) in [7, 11) is -0.937. The average molecular weight is 433 g/mol. The Morgan fingerprint density at radius 3 is 2.61 bits per heavy atom. The highest BCUT2D eigenvalue weighted by molar-refractivity contribution is 7.99. The van der Waals surface area contributed by atoms with Crippen molar-refractivity contribution in [3.05, 3.63) is 18.2 Å². The van der Waals surface area contributed by atoms with Gasteiger partial charge in [0.1, 0.15) is 5.75 Å². The molecule has 28 heavy (non-hydrogen) atoms. The van der Waals surface area contributed by atoms with Gasteiger partial charge >= 0.3 is 5.97 Å². The van der Waals surface area contributed by atoms with Crippen molar-refractivity contribution in [3.63, 3.8) is 0 Å². The van der Waals surface area contributed by atoms with Crippen LogP contribution in [-0.2, 0) is 29.1 Å². The number of carbonyl (C=O) groups excluding carboxylic acids is 2. The number of nitrogens with one attached hydrogen (secondary N) is 1. The molecule has 1 aromatic rings. The number of benzene rings is 1. The van der Waals surface area contributed by atoms with Crippen LogP contribution in [0.25, 0.3) is 0 Å². The maximum Gasteiger partial charge on any atom is 0.306 e. The molecule has 11 heteroatoms. The Kier molecular flexibility index (Phi) is 8.55. The zero-order valence-corrected chi connectivity index (χ0v) is 17.4. The summed E-state index contributed by atoms with van der Waals surface area (Å²) in [6, 6.07) is 4.33. The fourth-order valence-corrected chi connectivity index (χ4v) is 4.62. The van der Waals surface area contributed by atoms with Crippen LogP contribution >= 0.6 is 11.8 Å². The Balaban J connectivity index is 2.00. The molecule has 2 rings (SSSR count). The van der Waals surface area contributed by atoms with Crippen molar-refractivity contribution in [3.8, 4) is 5.75 Å². The summed E-state index contributed by atoms with van der Waals surface area (Å²) in [5.74, 6) is 0.257. The van der Waals surface area contributed by atoms with Crippen LogP contribution in [0.3, 0.4) is 0 Å². The molecule has 9 nitrogen and oxygen atoms in total. The van der Waals surface area contributed by atoms with Crippen molar-refractivity contribution in [1.29, 1.82) is 0 Å². The van der Waals surface area contributed by atoms with Gasteiger partial charge in [0, 0.05) is 24.9 Å². The van der Waals surface area contributed by atoms with Gasteiger partial charge in [-0.3, -0.25) is 9.59 Å². The van der Waals surface area contributed by atoms with Gasteiger partial charge in [0.05, 0.1) is 50.2 Å². The topological polar surface area (TPSA) is 111 Å². The monoisotopic (exact) mass is 432 g/mol. The Labute approximate surface area is 168 Å². The first kappa shape index (κ1) is 22.5. The van der Waals surface area contributed by atoms with E-state index in [0.29, 0.717) is 37.7 Å². The van der Waals surface area contributed by atoms with E-state index in [1.165, 1.54) is 48.5 Å². The number of ether oxygens (including phenoxy) is 3. The number of morpholine rings is 1. The normalized spacial score (nSPS) is 15.1. The predicted octanol–water partition coefficient (Wildman–Crippen LogP) is 0.951. The minimum absolute atomic E-state index is 0.0942. The van der Waals surface area contributed by atoms with E-state index in [0.717, 1.165) is 0 Å². The van der Waals surface area contributed by atoms with E-state index in [1.807, 2.05) is 0 Å².